The summed E-state index contributed by atoms with van der Waals surface area (Å²) >= 11 is 0. The number of rotatable bonds is 6. The van der Waals surface area contributed by atoms with E-state index in [0.717, 1.165) is 0 Å². The molecule has 0 bridgehead atoms. The van der Waals surface area contributed by atoms with Crippen LogP contribution in [0.1, 0.15) is 19.5 Å². The van der Waals surface area contributed by atoms with Gasteiger partial charge in [-0.3, -0.25) is 9.59 Å². The third-order valence-electron chi connectivity index (χ3n) is 2.22. The van der Waals surface area contributed by atoms with Gasteiger partial charge in [-0.25, -0.2) is 4.68 Å². The molecule has 8 heteroatoms. The fourth-order valence-corrected chi connectivity index (χ4v) is 1.34. The Labute approximate surface area is 105 Å². The van der Waals surface area contributed by atoms with E-state index in [9.17, 15) is 9.59 Å². The van der Waals surface area contributed by atoms with Gasteiger partial charge in [-0.1, -0.05) is 5.21 Å². The minimum atomic E-state index is -0.574. The Morgan fingerprint density at radius 2 is 2.28 bits per heavy atom. The van der Waals surface area contributed by atoms with Gasteiger partial charge in [-0.05, 0) is 13.8 Å². The van der Waals surface area contributed by atoms with Crippen LogP contribution in [0, 0.1) is 0 Å². The standard InChI is InChI=1S/C10H18N6O2/c1-3-12-10(18)7(2)13-9(17)6-16-5-8(4-11)14-15-16/h5,7H,3-4,6,11H2,1-2H3,(H,12,18)(H,13,17). The molecule has 0 fully saturated rings. The third-order valence-corrected chi connectivity index (χ3v) is 2.22. The summed E-state index contributed by atoms with van der Waals surface area (Å²) < 4.78 is 1.38. The first-order valence-corrected chi connectivity index (χ1v) is 5.73. The number of aromatic nitrogens is 3. The molecule has 1 aromatic rings. The van der Waals surface area contributed by atoms with Crippen molar-refractivity contribution in [3.63, 3.8) is 0 Å². The Kier molecular flexibility index (Phi) is 5.25. The van der Waals surface area contributed by atoms with Crippen LogP contribution in [-0.2, 0) is 22.7 Å². The van der Waals surface area contributed by atoms with Gasteiger partial charge in [-0.2, -0.15) is 0 Å². The molecule has 0 saturated heterocycles. The van der Waals surface area contributed by atoms with Crippen molar-refractivity contribution in [2.24, 2.45) is 5.73 Å². The number of nitrogens with one attached hydrogen (secondary N) is 2. The van der Waals surface area contributed by atoms with Gasteiger partial charge in [-0.15, -0.1) is 5.10 Å². The molecule has 0 radical (unpaired) electrons. The topological polar surface area (TPSA) is 115 Å². The molecule has 2 amide bonds. The SMILES string of the molecule is CCNC(=O)C(C)NC(=O)Cn1cc(CN)nn1. The normalized spacial score (nSPS) is 11.9. The van der Waals surface area contributed by atoms with Gasteiger partial charge in [0, 0.05) is 13.1 Å². The molecular weight excluding hydrogens is 236 g/mol. The summed E-state index contributed by atoms with van der Waals surface area (Å²) in [5.41, 5.74) is 5.99. The highest BCUT2D eigenvalue weighted by Gasteiger charge is 2.15. The average Bonchev–Trinajstić information content (AvgIpc) is 2.76. The molecule has 0 aliphatic rings. The average molecular weight is 254 g/mol. The van der Waals surface area contributed by atoms with Crippen LogP contribution in [0.2, 0.25) is 0 Å². The van der Waals surface area contributed by atoms with E-state index in [-0.39, 0.29) is 24.9 Å². The van der Waals surface area contributed by atoms with E-state index in [2.05, 4.69) is 20.9 Å². The largest absolute Gasteiger partial charge is 0.355 e. The lowest BCUT2D eigenvalue weighted by Gasteiger charge is -2.12. The predicted molar refractivity (Wildman–Crippen MR) is 64.2 cm³/mol. The summed E-state index contributed by atoms with van der Waals surface area (Å²) in [5, 5.41) is 12.7. The highest BCUT2D eigenvalue weighted by molar-refractivity contribution is 5.87. The van der Waals surface area contributed by atoms with Crippen LogP contribution >= 0.6 is 0 Å². The first kappa shape index (κ1) is 14.1. The molecule has 4 N–H and O–H groups in total. The second kappa shape index (κ2) is 6.70. The van der Waals surface area contributed by atoms with Crippen LogP contribution in [0.15, 0.2) is 6.20 Å². The monoisotopic (exact) mass is 254 g/mol. The predicted octanol–water partition coefficient (Wildman–Crippen LogP) is -1.62. The molecule has 0 saturated carbocycles. The van der Waals surface area contributed by atoms with Crippen LogP contribution in [0.4, 0.5) is 0 Å². The number of hydrogen-bond acceptors (Lipinski definition) is 5. The number of hydrogen-bond donors (Lipinski definition) is 3. The number of carbonyl (C=O) groups excluding carboxylic acids is 2. The zero-order chi connectivity index (χ0) is 13.5. The maximum atomic E-state index is 11.6. The third kappa shape index (κ3) is 4.13. The first-order valence-electron chi connectivity index (χ1n) is 5.73. The van der Waals surface area contributed by atoms with E-state index in [1.807, 2.05) is 6.92 Å². The van der Waals surface area contributed by atoms with Gasteiger partial charge in [0.25, 0.3) is 0 Å². The van der Waals surface area contributed by atoms with Crippen molar-refractivity contribution in [2.75, 3.05) is 6.54 Å². The number of carbonyl (C=O) groups is 2. The van der Waals surface area contributed by atoms with E-state index in [4.69, 9.17) is 5.73 Å². The van der Waals surface area contributed by atoms with E-state index in [0.29, 0.717) is 12.2 Å². The smallest absolute Gasteiger partial charge is 0.242 e. The second-order valence-corrected chi connectivity index (χ2v) is 3.80. The van der Waals surface area contributed by atoms with Crippen molar-refractivity contribution in [1.82, 2.24) is 25.6 Å². The van der Waals surface area contributed by atoms with Crippen LogP contribution in [0.25, 0.3) is 0 Å². The number of amides is 2. The van der Waals surface area contributed by atoms with Gasteiger partial charge < -0.3 is 16.4 Å². The van der Waals surface area contributed by atoms with Gasteiger partial charge >= 0.3 is 0 Å². The summed E-state index contributed by atoms with van der Waals surface area (Å²) in [4.78, 5) is 23.0. The Bertz CT molecular complexity index is 416. The Balaban J connectivity index is 2.43. The van der Waals surface area contributed by atoms with Gasteiger partial charge in [0.1, 0.15) is 12.6 Å². The van der Waals surface area contributed by atoms with Crippen molar-refractivity contribution in [1.29, 1.82) is 0 Å². The molecule has 0 spiro atoms. The molecule has 1 heterocycles. The lowest BCUT2D eigenvalue weighted by atomic mass is 10.3. The minimum Gasteiger partial charge on any atom is -0.355 e. The molecule has 18 heavy (non-hydrogen) atoms. The molecule has 1 rings (SSSR count). The van der Waals surface area contributed by atoms with Crippen LogP contribution in [0.5, 0.6) is 0 Å². The number of likely N-dealkylation sites (N-methyl/N-ethyl adjacent to an activating group) is 1. The summed E-state index contributed by atoms with van der Waals surface area (Å²) in [6, 6.07) is -0.574. The lowest BCUT2D eigenvalue weighted by molar-refractivity contribution is -0.128. The summed E-state index contributed by atoms with van der Waals surface area (Å²) in [5.74, 6) is -0.519. The van der Waals surface area contributed by atoms with E-state index >= 15 is 0 Å². The van der Waals surface area contributed by atoms with Crippen LogP contribution < -0.4 is 16.4 Å². The van der Waals surface area contributed by atoms with Crippen molar-refractivity contribution < 1.29 is 9.59 Å². The molecule has 1 atom stereocenters. The molecule has 8 nitrogen and oxygen atoms in total. The highest BCUT2D eigenvalue weighted by Crippen LogP contribution is 1.91. The molecule has 0 aliphatic heterocycles. The van der Waals surface area contributed by atoms with E-state index in [1.54, 1.807) is 13.1 Å². The van der Waals surface area contributed by atoms with E-state index < -0.39 is 6.04 Å². The van der Waals surface area contributed by atoms with Crippen LogP contribution in [-0.4, -0.2) is 39.4 Å². The van der Waals surface area contributed by atoms with Crippen molar-refractivity contribution in [2.45, 2.75) is 33.0 Å². The fourth-order valence-electron chi connectivity index (χ4n) is 1.34. The Morgan fingerprint density at radius 1 is 1.56 bits per heavy atom. The second-order valence-electron chi connectivity index (χ2n) is 3.80. The van der Waals surface area contributed by atoms with Crippen molar-refractivity contribution >= 4 is 11.8 Å². The van der Waals surface area contributed by atoms with Crippen LogP contribution in [0.3, 0.4) is 0 Å². The molecule has 1 unspecified atom stereocenters. The quantitative estimate of drug-likeness (QED) is 0.564. The zero-order valence-electron chi connectivity index (χ0n) is 10.5. The molecule has 1 aromatic heterocycles. The maximum absolute atomic E-state index is 11.6. The zero-order valence-corrected chi connectivity index (χ0v) is 10.5. The molecule has 100 valence electrons. The summed E-state index contributed by atoms with van der Waals surface area (Å²) in [6.07, 6.45) is 1.59. The number of nitrogens with zero attached hydrogens (tertiary/aromatic N) is 3. The van der Waals surface area contributed by atoms with Crippen molar-refractivity contribution in [3.05, 3.63) is 11.9 Å². The molecule has 0 aromatic carbocycles. The number of nitrogens with two attached hydrogens (primary N) is 1. The van der Waals surface area contributed by atoms with Gasteiger partial charge in [0.15, 0.2) is 0 Å². The minimum absolute atomic E-state index is 0.0107. The maximum Gasteiger partial charge on any atom is 0.242 e. The first-order chi connectivity index (χ1) is 8.56. The molecular formula is C10H18N6O2. The highest BCUT2D eigenvalue weighted by atomic mass is 16.2. The molecule has 0 aliphatic carbocycles. The van der Waals surface area contributed by atoms with Gasteiger partial charge in [0.05, 0.1) is 11.9 Å². The Hall–Kier alpha value is -1.96. The lowest BCUT2D eigenvalue weighted by Crippen LogP contribution is -2.45. The fraction of sp³-hybridized carbons (Fsp3) is 0.600. The van der Waals surface area contributed by atoms with Gasteiger partial charge in [0.2, 0.25) is 11.8 Å². The summed E-state index contributed by atoms with van der Waals surface area (Å²) in [7, 11) is 0. The van der Waals surface area contributed by atoms with E-state index in [1.165, 1.54) is 4.68 Å². The van der Waals surface area contributed by atoms with Crippen molar-refractivity contribution in [3.8, 4) is 0 Å². The summed E-state index contributed by atoms with van der Waals surface area (Å²) in [6.45, 7) is 4.25. The Morgan fingerprint density at radius 3 is 2.83 bits per heavy atom.